The minimum atomic E-state index is 0.364. The molecule has 0 radical (unpaired) electrons. The Balaban J connectivity index is 2.40. The molecule has 2 atom stereocenters. The predicted molar refractivity (Wildman–Crippen MR) is 84.5 cm³/mol. The highest BCUT2D eigenvalue weighted by Crippen LogP contribution is 2.23. The SMILES string of the molecule is CCCNC(CCN1CCSCC1C)C(C)(C)C. The normalized spacial score (nSPS) is 24.2. The largest absolute Gasteiger partial charge is 0.313 e. The van der Waals surface area contributed by atoms with Crippen LogP contribution in [0, 0.1) is 5.41 Å². The molecule has 0 spiro atoms. The standard InChI is InChI=1S/C15H32N2S/c1-6-8-16-14(15(3,4)5)7-9-17-10-11-18-12-13(17)2/h13-14,16H,6-12H2,1-5H3. The van der Waals surface area contributed by atoms with Gasteiger partial charge in [0.25, 0.3) is 0 Å². The van der Waals surface area contributed by atoms with Gasteiger partial charge in [0.05, 0.1) is 0 Å². The number of thioether (sulfide) groups is 1. The molecule has 2 nitrogen and oxygen atoms in total. The molecule has 0 saturated carbocycles. The molecule has 0 aliphatic carbocycles. The van der Waals surface area contributed by atoms with Crippen LogP contribution < -0.4 is 5.32 Å². The topological polar surface area (TPSA) is 15.3 Å². The van der Waals surface area contributed by atoms with Crippen molar-refractivity contribution in [3.63, 3.8) is 0 Å². The summed E-state index contributed by atoms with van der Waals surface area (Å²) < 4.78 is 0. The first-order valence-corrected chi connectivity index (χ1v) is 8.65. The maximum absolute atomic E-state index is 3.73. The fourth-order valence-corrected chi connectivity index (χ4v) is 3.63. The quantitative estimate of drug-likeness (QED) is 0.799. The van der Waals surface area contributed by atoms with Gasteiger partial charge in [-0.15, -0.1) is 0 Å². The van der Waals surface area contributed by atoms with E-state index in [4.69, 9.17) is 0 Å². The zero-order valence-corrected chi connectivity index (χ0v) is 13.8. The van der Waals surface area contributed by atoms with Crippen LogP contribution in [0.5, 0.6) is 0 Å². The van der Waals surface area contributed by atoms with Crippen LogP contribution in [0.3, 0.4) is 0 Å². The Hall–Kier alpha value is 0.270. The molecule has 0 amide bonds. The molecule has 1 fully saturated rings. The summed E-state index contributed by atoms with van der Waals surface area (Å²) in [6.07, 6.45) is 2.50. The molecule has 1 aliphatic rings. The zero-order valence-electron chi connectivity index (χ0n) is 13.0. The van der Waals surface area contributed by atoms with Crippen LogP contribution in [0.4, 0.5) is 0 Å². The minimum Gasteiger partial charge on any atom is -0.313 e. The van der Waals surface area contributed by atoms with Crippen molar-refractivity contribution in [2.45, 2.75) is 59.5 Å². The first-order valence-electron chi connectivity index (χ1n) is 7.50. The Morgan fingerprint density at radius 2 is 2.11 bits per heavy atom. The maximum atomic E-state index is 3.73. The van der Waals surface area contributed by atoms with Crippen molar-refractivity contribution in [1.29, 1.82) is 0 Å². The minimum absolute atomic E-state index is 0.364. The zero-order chi connectivity index (χ0) is 13.6. The molecule has 0 aromatic heterocycles. The fraction of sp³-hybridized carbons (Fsp3) is 1.00. The van der Waals surface area contributed by atoms with E-state index in [2.05, 4.69) is 56.6 Å². The Morgan fingerprint density at radius 3 is 2.67 bits per heavy atom. The van der Waals surface area contributed by atoms with E-state index in [0.717, 1.165) is 12.6 Å². The molecule has 108 valence electrons. The number of nitrogens with zero attached hydrogens (tertiary/aromatic N) is 1. The second-order valence-electron chi connectivity index (χ2n) is 6.62. The first kappa shape index (κ1) is 16.3. The summed E-state index contributed by atoms with van der Waals surface area (Å²) in [6.45, 7) is 15.4. The third kappa shape index (κ3) is 5.50. The fourth-order valence-electron chi connectivity index (χ4n) is 2.55. The van der Waals surface area contributed by atoms with Gasteiger partial charge in [-0.25, -0.2) is 0 Å². The third-order valence-electron chi connectivity index (χ3n) is 3.90. The summed E-state index contributed by atoms with van der Waals surface area (Å²) in [4.78, 5) is 2.67. The molecule has 1 N–H and O–H groups in total. The Morgan fingerprint density at radius 1 is 1.39 bits per heavy atom. The van der Waals surface area contributed by atoms with Gasteiger partial charge in [-0.2, -0.15) is 11.8 Å². The summed E-state index contributed by atoms with van der Waals surface area (Å²) in [5.41, 5.74) is 0.364. The first-order chi connectivity index (χ1) is 8.45. The summed E-state index contributed by atoms with van der Waals surface area (Å²) >= 11 is 2.10. The molecule has 1 rings (SSSR count). The average Bonchev–Trinajstić information content (AvgIpc) is 2.29. The monoisotopic (exact) mass is 272 g/mol. The molecule has 1 saturated heterocycles. The van der Waals surface area contributed by atoms with E-state index < -0.39 is 0 Å². The van der Waals surface area contributed by atoms with Crippen LogP contribution in [0.2, 0.25) is 0 Å². The highest BCUT2D eigenvalue weighted by atomic mass is 32.2. The van der Waals surface area contributed by atoms with E-state index in [1.807, 2.05) is 0 Å². The van der Waals surface area contributed by atoms with Crippen LogP contribution >= 0.6 is 11.8 Å². The molecule has 18 heavy (non-hydrogen) atoms. The van der Waals surface area contributed by atoms with E-state index in [1.54, 1.807) is 0 Å². The van der Waals surface area contributed by atoms with E-state index in [0.29, 0.717) is 11.5 Å². The Kier molecular flexibility index (Phi) is 7.04. The summed E-state index contributed by atoms with van der Waals surface area (Å²) in [5.74, 6) is 2.62. The molecule has 0 aromatic rings. The van der Waals surface area contributed by atoms with E-state index >= 15 is 0 Å². The maximum Gasteiger partial charge on any atom is 0.0158 e. The van der Waals surface area contributed by atoms with Gasteiger partial charge < -0.3 is 5.32 Å². The Labute approximate surface area is 118 Å². The number of rotatable bonds is 6. The van der Waals surface area contributed by atoms with Crippen molar-refractivity contribution in [3.05, 3.63) is 0 Å². The molecular formula is C15H32N2S. The van der Waals surface area contributed by atoms with Gasteiger partial charge in [0.15, 0.2) is 0 Å². The van der Waals surface area contributed by atoms with Crippen molar-refractivity contribution in [2.75, 3.05) is 31.1 Å². The van der Waals surface area contributed by atoms with Crippen molar-refractivity contribution in [1.82, 2.24) is 10.2 Å². The van der Waals surface area contributed by atoms with Crippen LogP contribution in [-0.2, 0) is 0 Å². The lowest BCUT2D eigenvalue weighted by atomic mass is 9.84. The molecule has 3 heteroatoms. The molecule has 2 unspecified atom stereocenters. The number of nitrogens with one attached hydrogen (secondary N) is 1. The summed E-state index contributed by atoms with van der Waals surface area (Å²) in [5, 5.41) is 3.73. The summed E-state index contributed by atoms with van der Waals surface area (Å²) in [6, 6.07) is 1.40. The molecule has 1 aliphatic heterocycles. The highest BCUT2D eigenvalue weighted by molar-refractivity contribution is 7.99. The smallest absolute Gasteiger partial charge is 0.0158 e. The van der Waals surface area contributed by atoms with Crippen molar-refractivity contribution in [3.8, 4) is 0 Å². The molecule has 0 aromatic carbocycles. The third-order valence-corrected chi connectivity index (χ3v) is 5.09. The van der Waals surface area contributed by atoms with Gasteiger partial charge in [-0.3, -0.25) is 4.90 Å². The van der Waals surface area contributed by atoms with Gasteiger partial charge >= 0.3 is 0 Å². The summed E-state index contributed by atoms with van der Waals surface area (Å²) in [7, 11) is 0. The average molecular weight is 273 g/mol. The van der Waals surface area contributed by atoms with Gasteiger partial charge in [0, 0.05) is 30.1 Å². The Bertz CT molecular complexity index is 225. The predicted octanol–water partition coefficient (Wildman–Crippen LogP) is 3.23. The van der Waals surface area contributed by atoms with E-state index in [-0.39, 0.29) is 0 Å². The van der Waals surface area contributed by atoms with Crippen LogP contribution in [0.25, 0.3) is 0 Å². The van der Waals surface area contributed by atoms with Crippen molar-refractivity contribution >= 4 is 11.8 Å². The van der Waals surface area contributed by atoms with Crippen LogP contribution in [0.15, 0.2) is 0 Å². The van der Waals surface area contributed by atoms with Crippen LogP contribution in [0.1, 0.15) is 47.5 Å². The lowest BCUT2D eigenvalue weighted by molar-refractivity contribution is 0.184. The number of hydrogen-bond donors (Lipinski definition) is 1. The lowest BCUT2D eigenvalue weighted by Crippen LogP contribution is -2.46. The van der Waals surface area contributed by atoms with Crippen molar-refractivity contribution < 1.29 is 0 Å². The highest BCUT2D eigenvalue weighted by Gasteiger charge is 2.26. The molecular weight excluding hydrogens is 240 g/mol. The van der Waals surface area contributed by atoms with E-state index in [1.165, 1.54) is 37.4 Å². The van der Waals surface area contributed by atoms with Crippen molar-refractivity contribution in [2.24, 2.45) is 5.41 Å². The van der Waals surface area contributed by atoms with Crippen LogP contribution in [-0.4, -0.2) is 48.1 Å². The molecule has 0 bridgehead atoms. The number of hydrogen-bond acceptors (Lipinski definition) is 3. The second-order valence-corrected chi connectivity index (χ2v) is 7.77. The van der Waals surface area contributed by atoms with Gasteiger partial charge in [0.1, 0.15) is 0 Å². The van der Waals surface area contributed by atoms with Gasteiger partial charge in [0.2, 0.25) is 0 Å². The lowest BCUT2D eigenvalue weighted by Gasteiger charge is -2.37. The van der Waals surface area contributed by atoms with Gasteiger partial charge in [-0.05, 0) is 38.3 Å². The second kappa shape index (κ2) is 7.76. The molecule has 1 heterocycles. The van der Waals surface area contributed by atoms with E-state index in [9.17, 15) is 0 Å². The van der Waals surface area contributed by atoms with Gasteiger partial charge in [-0.1, -0.05) is 27.7 Å².